The summed E-state index contributed by atoms with van der Waals surface area (Å²) < 4.78 is 9.07. The molecule has 3 atom stereocenters. The number of aromatic nitrogens is 2. The molecule has 4 rings (SSSR count). The summed E-state index contributed by atoms with van der Waals surface area (Å²) in [5, 5.41) is 4.27. The highest BCUT2D eigenvalue weighted by molar-refractivity contribution is 5.94. The number of benzene rings is 1. The van der Waals surface area contributed by atoms with Gasteiger partial charge in [-0.15, -0.1) is 0 Å². The molecule has 1 aliphatic heterocycles. The van der Waals surface area contributed by atoms with E-state index in [-0.39, 0.29) is 34.5 Å². The SMILES string of the molecule is CCOc1ccc(C(=O)NC2CC(C3CC=c4c(n(C)c(=O)n4CC(C)(C)C)=N3)CCC2(C)C)cc1. The molecule has 1 aromatic carbocycles. The van der Waals surface area contributed by atoms with E-state index < -0.39 is 0 Å². The Balaban J connectivity index is 1.53. The fourth-order valence-electron chi connectivity index (χ4n) is 5.57. The molecule has 1 fully saturated rings. The lowest BCUT2D eigenvalue weighted by molar-refractivity contribution is 0.0776. The molecule has 7 nitrogen and oxygen atoms in total. The van der Waals surface area contributed by atoms with Gasteiger partial charge in [-0.1, -0.05) is 40.7 Å². The van der Waals surface area contributed by atoms with Crippen LogP contribution in [0.4, 0.5) is 0 Å². The lowest BCUT2D eigenvalue weighted by Crippen LogP contribution is -2.51. The van der Waals surface area contributed by atoms with Gasteiger partial charge in [0.05, 0.1) is 18.0 Å². The Kier molecular flexibility index (Phi) is 7.22. The van der Waals surface area contributed by atoms with Crippen molar-refractivity contribution in [3.8, 4) is 5.75 Å². The third-order valence-corrected chi connectivity index (χ3v) is 7.75. The summed E-state index contributed by atoms with van der Waals surface area (Å²) in [6, 6.07) is 7.51. The number of carbonyl (C=O) groups excluding carboxylic acids is 1. The highest BCUT2D eigenvalue weighted by Crippen LogP contribution is 2.41. The van der Waals surface area contributed by atoms with Crippen LogP contribution in [0.25, 0.3) is 6.08 Å². The molecule has 1 saturated carbocycles. The number of amides is 1. The number of hydrogen-bond acceptors (Lipinski definition) is 4. The second-order valence-corrected chi connectivity index (χ2v) is 12.3. The molecule has 1 N–H and O–H groups in total. The molecule has 2 heterocycles. The Morgan fingerprint density at radius 1 is 1.22 bits per heavy atom. The van der Waals surface area contributed by atoms with Crippen LogP contribution in [0.3, 0.4) is 0 Å². The molecule has 3 unspecified atom stereocenters. The summed E-state index contributed by atoms with van der Waals surface area (Å²) in [7, 11) is 1.82. The van der Waals surface area contributed by atoms with Gasteiger partial charge in [-0.25, -0.2) is 4.79 Å². The third-order valence-electron chi connectivity index (χ3n) is 7.75. The van der Waals surface area contributed by atoms with Crippen molar-refractivity contribution in [1.29, 1.82) is 0 Å². The lowest BCUT2D eigenvalue weighted by atomic mass is 9.67. The molecule has 0 saturated heterocycles. The first-order chi connectivity index (χ1) is 16.9. The first-order valence-electron chi connectivity index (χ1n) is 13.3. The molecule has 1 amide bonds. The fraction of sp³-hybridized carbons (Fsp3) is 0.621. The Bertz CT molecular complexity index is 1280. The largest absolute Gasteiger partial charge is 0.494 e. The maximum atomic E-state index is 13.1. The average molecular weight is 495 g/mol. The minimum atomic E-state index is -0.0483. The Labute approximate surface area is 214 Å². The number of rotatable bonds is 6. The average Bonchev–Trinajstić information content (AvgIpc) is 3.04. The van der Waals surface area contributed by atoms with Gasteiger partial charge in [-0.2, -0.15) is 0 Å². The van der Waals surface area contributed by atoms with Crippen molar-refractivity contribution >= 4 is 12.0 Å². The van der Waals surface area contributed by atoms with Gasteiger partial charge in [0, 0.05) is 25.2 Å². The zero-order valence-electron chi connectivity index (χ0n) is 22.9. The first-order valence-corrected chi connectivity index (χ1v) is 13.3. The van der Waals surface area contributed by atoms with Crippen LogP contribution in [0.15, 0.2) is 34.1 Å². The molecule has 0 radical (unpaired) electrons. The van der Waals surface area contributed by atoms with E-state index in [1.54, 1.807) is 4.57 Å². The zero-order chi connectivity index (χ0) is 26.3. The van der Waals surface area contributed by atoms with E-state index in [1.807, 2.05) is 42.8 Å². The number of ether oxygens (including phenoxy) is 1. The normalized spacial score (nSPS) is 23.2. The summed E-state index contributed by atoms with van der Waals surface area (Å²) in [5.74, 6) is 1.08. The monoisotopic (exact) mass is 494 g/mol. The maximum Gasteiger partial charge on any atom is 0.330 e. The van der Waals surface area contributed by atoms with Gasteiger partial charge >= 0.3 is 5.69 Å². The van der Waals surface area contributed by atoms with Gasteiger partial charge in [-0.3, -0.25) is 18.9 Å². The lowest BCUT2D eigenvalue weighted by Gasteiger charge is -2.44. The van der Waals surface area contributed by atoms with Gasteiger partial charge in [0.15, 0.2) is 5.49 Å². The van der Waals surface area contributed by atoms with E-state index in [4.69, 9.17) is 9.73 Å². The second-order valence-electron chi connectivity index (χ2n) is 12.3. The quantitative estimate of drug-likeness (QED) is 0.668. The van der Waals surface area contributed by atoms with Crippen molar-refractivity contribution < 1.29 is 9.53 Å². The molecule has 7 heteroatoms. The molecule has 0 bridgehead atoms. The van der Waals surface area contributed by atoms with Crippen LogP contribution in [0.1, 0.15) is 77.6 Å². The number of carbonyl (C=O) groups is 1. The first kappa shape index (κ1) is 26.2. The highest BCUT2D eigenvalue weighted by atomic mass is 16.5. The molecule has 1 aliphatic carbocycles. The van der Waals surface area contributed by atoms with Gasteiger partial charge < -0.3 is 10.1 Å². The van der Waals surface area contributed by atoms with Crippen molar-refractivity contribution in [2.75, 3.05) is 6.61 Å². The van der Waals surface area contributed by atoms with Crippen LogP contribution >= 0.6 is 0 Å². The second kappa shape index (κ2) is 9.91. The van der Waals surface area contributed by atoms with E-state index in [2.05, 4.69) is 46.0 Å². The predicted molar refractivity (Wildman–Crippen MR) is 143 cm³/mol. The predicted octanol–water partition coefficient (Wildman–Crippen LogP) is 3.43. The molecular formula is C29H42N4O3. The van der Waals surface area contributed by atoms with Crippen LogP contribution in [0.2, 0.25) is 0 Å². The van der Waals surface area contributed by atoms with Crippen molar-refractivity contribution in [1.82, 2.24) is 14.5 Å². The smallest absolute Gasteiger partial charge is 0.330 e. The minimum absolute atomic E-state index is 0.000785. The van der Waals surface area contributed by atoms with E-state index >= 15 is 0 Å². The number of fused-ring (bicyclic) bond motifs is 1. The van der Waals surface area contributed by atoms with E-state index in [0.717, 1.165) is 42.3 Å². The fourth-order valence-corrected chi connectivity index (χ4v) is 5.57. The van der Waals surface area contributed by atoms with Crippen molar-refractivity contribution in [2.45, 2.75) is 85.9 Å². The molecule has 2 aliphatic rings. The molecular weight excluding hydrogens is 452 g/mol. The molecule has 196 valence electrons. The number of nitrogens with zero attached hydrogens (tertiary/aromatic N) is 3. The van der Waals surface area contributed by atoms with Gasteiger partial charge in [0.25, 0.3) is 5.91 Å². The molecule has 2 aromatic rings. The summed E-state index contributed by atoms with van der Waals surface area (Å²) in [6.07, 6.45) is 5.99. The van der Waals surface area contributed by atoms with Crippen molar-refractivity contribution in [3.63, 3.8) is 0 Å². The molecule has 36 heavy (non-hydrogen) atoms. The van der Waals surface area contributed by atoms with E-state index in [1.165, 1.54) is 0 Å². The summed E-state index contributed by atoms with van der Waals surface area (Å²) in [4.78, 5) is 31.2. The minimum Gasteiger partial charge on any atom is -0.494 e. The molecule has 0 spiro atoms. The maximum absolute atomic E-state index is 13.1. The number of nitrogens with one attached hydrogen (secondary N) is 1. The summed E-state index contributed by atoms with van der Waals surface area (Å²) in [6.45, 7) is 14.1. The van der Waals surface area contributed by atoms with Gasteiger partial charge in [0.1, 0.15) is 5.75 Å². The van der Waals surface area contributed by atoms with Crippen LogP contribution in [-0.4, -0.2) is 33.7 Å². The van der Waals surface area contributed by atoms with Gasteiger partial charge in [-0.05, 0) is 73.6 Å². The Morgan fingerprint density at radius 2 is 1.92 bits per heavy atom. The van der Waals surface area contributed by atoms with Crippen molar-refractivity contribution in [3.05, 3.63) is 51.2 Å². The van der Waals surface area contributed by atoms with E-state index in [9.17, 15) is 9.59 Å². The topological polar surface area (TPSA) is 77.6 Å². The zero-order valence-corrected chi connectivity index (χ0v) is 22.9. The van der Waals surface area contributed by atoms with Crippen LogP contribution in [0.5, 0.6) is 5.75 Å². The standard InChI is InChI=1S/C29H42N4O3/c1-8-36-21-11-9-19(10-12-21)26(34)31-24-17-20(15-16-29(24,5)6)22-13-14-23-25(30-22)32(7)27(35)33(23)18-28(2,3)4/h9-12,14,20,22,24H,8,13,15-18H2,1-7H3,(H,31,34). The van der Waals surface area contributed by atoms with Crippen LogP contribution in [0, 0.1) is 16.7 Å². The molecule has 1 aromatic heterocycles. The van der Waals surface area contributed by atoms with Gasteiger partial charge in [0.2, 0.25) is 0 Å². The van der Waals surface area contributed by atoms with E-state index in [0.29, 0.717) is 24.6 Å². The third kappa shape index (κ3) is 5.45. The highest BCUT2D eigenvalue weighted by Gasteiger charge is 2.40. The number of hydrogen-bond donors (Lipinski definition) is 1. The Morgan fingerprint density at radius 3 is 2.56 bits per heavy atom. The summed E-state index contributed by atoms with van der Waals surface area (Å²) in [5.41, 5.74) is 1.45. The number of imidazole rings is 1. The van der Waals surface area contributed by atoms with Crippen LogP contribution in [-0.2, 0) is 13.6 Å². The van der Waals surface area contributed by atoms with Crippen molar-refractivity contribution in [2.24, 2.45) is 28.8 Å². The Hall–Kier alpha value is -2.83. The summed E-state index contributed by atoms with van der Waals surface area (Å²) >= 11 is 0. The van der Waals surface area contributed by atoms with Crippen LogP contribution < -0.4 is 26.6 Å².